The third-order valence-corrected chi connectivity index (χ3v) is 2.82. The summed E-state index contributed by atoms with van der Waals surface area (Å²) in [5, 5.41) is 8.65. The Labute approximate surface area is 99.3 Å². The van der Waals surface area contributed by atoms with E-state index in [2.05, 4.69) is 0 Å². The number of carbonyl (C=O) groups is 2. The van der Waals surface area contributed by atoms with E-state index in [0.29, 0.717) is 6.54 Å². The van der Waals surface area contributed by atoms with Gasteiger partial charge in [0.1, 0.15) is 0 Å². The highest BCUT2D eigenvalue weighted by molar-refractivity contribution is 5.93. The number of anilines is 1. The zero-order chi connectivity index (χ0) is 12.4. The fourth-order valence-electron chi connectivity index (χ4n) is 1.86. The molecule has 0 unspecified atom stereocenters. The number of likely N-dealkylation sites (N-methyl/N-ethyl adjacent to an activating group) is 1. The number of benzene rings is 1. The first kappa shape index (κ1) is 11.4. The van der Waals surface area contributed by atoms with E-state index in [1.807, 2.05) is 0 Å². The molecular formula is C12H14N2O3. The second kappa shape index (κ2) is 4.45. The van der Waals surface area contributed by atoms with E-state index in [9.17, 15) is 9.59 Å². The van der Waals surface area contributed by atoms with Crippen LogP contribution in [0.4, 0.5) is 10.5 Å². The minimum Gasteiger partial charge on any atom is -0.481 e. The summed E-state index contributed by atoms with van der Waals surface area (Å²) >= 11 is 0. The smallest absolute Gasteiger partial charge is 0.324 e. The minimum atomic E-state index is -0.852. The number of urea groups is 1. The molecule has 17 heavy (non-hydrogen) atoms. The summed E-state index contributed by atoms with van der Waals surface area (Å²) in [5.41, 5.74) is 1.55. The van der Waals surface area contributed by atoms with Gasteiger partial charge < -0.3 is 10.0 Å². The highest BCUT2D eigenvalue weighted by atomic mass is 16.4. The number of amides is 2. The van der Waals surface area contributed by atoms with Crippen molar-refractivity contribution in [1.29, 1.82) is 0 Å². The van der Waals surface area contributed by atoms with E-state index >= 15 is 0 Å². The van der Waals surface area contributed by atoms with E-state index in [1.165, 1.54) is 0 Å². The number of hydrogen-bond acceptors (Lipinski definition) is 2. The van der Waals surface area contributed by atoms with Crippen molar-refractivity contribution in [2.75, 3.05) is 25.0 Å². The van der Waals surface area contributed by atoms with Gasteiger partial charge in [-0.1, -0.05) is 12.1 Å². The zero-order valence-electron chi connectivity index (χ0n) is 9.59. The number of carbonyl (C=O) groups excluding carboxylic acids is 1. The van der Waals surface area contributed by atoms with Gasteiger partial charge in [-0.2, -0.15) is 0 Å². The topological polar surface area (TPSA) is 60.9 Å². The van der Waals surface area contributed by atoms with Crippen LogP contribution in [0, 0.1) is 0 Å². The molecular weight excluding hydrogens is 220 g/mol. The van der Waals surface area contributed by atoms with Crippen LogP contribution in [0.15, 0.2) is 24.3 Å². The van der Waals surface area contributed by atoms with Crippen LogP contribution in [0.3, 0.4) is 0 Å². The average molecular weight is 234 g/mol. The molecule has 1 aromatic rings. The molecule has 1 aliphatic heterocycles. The first-order valence-electron chi connectivity index (χ1n) is 5.41. The Balaban J connectivity index is 2.13. The molecule has 1 aromatic carbocycles. The minimum absolute atomic E-state index is 0.00806. The molecule has 0 bridgehead atoms. The van der Waals surface area contributed by atoms with E-state index in [-0.39, 0.29) is 12.5 Å². The van der Waals surface area contributed by atoms with E-state index in [4.69, 9.17) is 5.11 Å². The summed E-state index contributed by atoms with van der Waals surface area (Å²) in [6.07, 6.45) is 0.00806. The maximum Gasteiger partial charge on any atom is 0.324 e. The maximum absolute atomic E-state index is 11.7. The maximum atomic E-state index is 11.7. The Kier molecular flexibility index (Phi) is 2.99. The highest BCUT2D eigenvalue weighted by Crippen LogP contribution is 2.20. The molecule has 1 fully saturated rings. The van der Waals surface area contributed by atoms with Crippen LogP contribution < -0.4 is 4.90 Å². The van der Waals surface area contributed by atoms with E-state index in [1.54, 1.807) is 41.1 Å². The lowest BCUT2D eigenvalue weighted by molar-refractivity contribution is -0.136. The van der Waals surface area contributed by atoms with Gasteiger partial charge in [0.25, 0.3) is 0 Å². The van der Waals surface area contributed by atoms with Crippen molar-refractivity contribution in [1.82, 2.24) is 4.90 Å². The molecule has 90 valence electrons. The third kappa shape index (κ3) is 2.38. The summed E-state index contributed by atoms with van der Waals surface area (Å²) < 4.78 is 0. The lowest BCUT2D eigenvalue weighted by Gasteiger charge is -2.16. The molecule has 0 aliphatic carbocycles. The predicted molar refractivity (Wildman–Crippen MR) is 63.2 cm³/mol. The molecule has 0 radical (unpaired) electrons. The Bertz CT molecular complexity index is 442. The van der Waals surface area contributed by atoms with Crippen molar-refractivity contribution in [3.05, 3.63) is 29.8 Å². The van der Waals surface area contributed by atoms with Gasteiger partial charge in [0, 0.05) is 25.8 Å². The van der Waals surface area contributed by atoms with Crippen LogP contribution in [0.2, 0.25) is 0 Å². The van der Waals surface area contributed by atoms with Crippen LogP contribution in [-0.2, 0) is 11.2 Å². The predicted octanol–water partition coefficient (Wildman–Crippen LogP) is 1.19. The van der Waals surface area contributed by atoms with Crippen molar-refractivity contribution in [3.63, 3.8) is 0 Å². The highest BCUT2D eigenvalue weighted by Gasteiger charge is 2.26. The van der Waals surface area contributed by atoms with Gasteiger partial charge in [-0.15, -0.1) is 0 Å². The normalized spacial score (nSPS) is 15.5. The zero-order valence-corrected chi connectivity index (χ0v) is 9.59. The number of carboxylic acids is 1. The van der Waals surface area contributed by atoms with Crippen molar-refractivity contribution in [2.24, 2.45) is 0 Å². The Morgan fingerprint density at radius 3 is 2.41 bits per heavy atom. The first-order chi connectivity index (χ1) is 8.08. The molecule has 0 spiro atoms. The molecule has 0 saturated carbocycles. The Morgan fingerprint density at radius 1 is 1.29 bits per heavy atom. The molecule has 5 nitrogen and oxygen atoms in total. The van der Waals surface area contributed by atoms with Crippen LogP contribution >= 0.6 is 0 Å². The Morgan fingerprint density at radius 2 is 1.94 bits per heavy atom. The summed E-state index contributed by atoms with van der Waals surface area (Å²) in [5.74, 6) is -0.852. The van der Waals surface area contributed by atoms with Gasteiger partial charge in [-0.25, -0.2) is 4.79 Å². The fraction of sp³-hybridized carbons (Fsp3) is 0.333. The van der Waals surface area contributed by atoms with Crippen molar-refractivity contribution >= 4 is 17.7 Å². The van der Waals surface area contributed by atoms with Gasteiger partial charge in [0.2, 0.25) is 0 Å². The van der Waals surface area contributed by atoms with Gasteiger partial charge in [-0.05, 0) is 17.7 Å². The molecule has 0 aromatic heterocycles. The number of rotatable bonds is 3. The molecule has 1 saturated heterocycles. The van der Waals surface area contributed by atoms with Crippen LogP contribution in [-0.4, -0.2) is 42.1 Å². The van der Waals surface area contributed by atoms with Gasteiger partial charge in [0.05, 0.1) is 6.42 Å². The lowest BCUT2D eigenvalue weighted by atomic mass is 10.1. The lowest BCUT2D eigenvalue weighted by Crippen LogP contribution is -2.29. The summed E-state index contributed by atoms with van der Waals surface area (Å²) in [4.78, 5) is 25.6. The summed E-state index contributed by atoms with van der Waals surface area (Å²) in [7, 11) is 1.77. The van der Waals surface area contributed by atoms with Gasteiger partial charge >= 0.3 is 12.0 Å². The second-order valence-electron chi connectivity index (χ2n) is 4.09. The van der Waals surface area contributed by atoms with Gasteiger partial charge in [-0.3, -0.25) is 9.69 Å². The number of hydrogen-bond donors (Lipinski definition) is 1. The molecule has 5 heteroatoms. The molecule has 1 N–H and O–H groups in total. The molecule has 2 amide bonds. The van der Waals surface area contributed by atoms with Crippen molar-refractivity contribution in [2.45, 2.75) is 6.42 Å². The van der Waals surface area contributed by atoms with Gasteiger partial charge in [0.15, 0.2) is 0 Å². The van der Waals surface area contributed by atoms with Crippen LogP contribution in [0.5, 0.6) is 0 Å². The van der Waals surface area contributed by atoms with Crippen molar-refractivity contribution < 1.29 is 14.7 Å². The van der Waals surface area contributed by atoms with Crippen LogP contribution in [0.25, 0.3) is 0 Å². The summed E-state index contributed by atoms with van der Waals surface area (Å²) in [6, 6.07) is 7.05. The molecule has 1 heterocycles. The van der Waals surface area contributed by atoms with E-state index < -0.39 is 5.97 Å². The first-order valence-corrected chi connectivity index (χ1v) is 5.41. The SMILES string of the molecule is CN1CCN(c2ccc(CC(=O)O)cc2)C1=O. The standard InChI is InChI=1S/C12H14N2O3/c1-13-6-7-14(12(13)17)10-4-2-9(3-5-10)8-11(15)16/h2-5H,6-8H2,1H3,(H,15,16). The average Bonchev–Trinajstić information content (AvgIpc) is 2.60. The molecule has 1 aliphatic rings. The Hall–Kier alpha value is -2.04. The molecule has 2 rings (SSSR count). The quantitative estimate of drug-likeness (QED) is 0.854. The number of aliphatic carboxylic acids is 1. The van der Waals surface area contributed by atoms with Crippen LogP contribution in [0.1, 0.15) is 5.56 Å². The van der Waals surface area contributed by atoms with E-state index in [0.717, 1.165) is 17.8 Å². The number of nitrogens with zero attached hydrogens (tertiary/aromatic N) is 2. The largest absolute Gasteiger partial charge is 0.481 e. The number of carboxylic acid groups (broad SMARTS) is 1. The second-order valence-corrected chi connectivity index (χ2v) is 4.09. The van der Waals surface area contributed by atoms with Crippen molar-refractivity contribution in [3.8, 4) is 0 Å². The fourth-order valence-corrected chi connectivity index (χ4v) is 1.86. The third-order valence-electron chi connectivity index (χ3n) is 2.82. The molecule has 0 atom stereocenters. The monoisotopic (exact) mass is 234 g/mol. The summed E-state index contributed by atoms with van der Waals surface area (Å²) in [6.45, 7) is 1.39.